The lowest BCUT2D eigenvalue weighted by molar-refractivity contribution is -0.166. The second kappa shape index (κ2) is 55.7. The van der Waals surface area contributed by atoms with Crippen LogP contribution < -0.4 is 0 Å². The predicted octanol–water partition coefficient (Wildman–Crippen LogP) is 18.7. The molecule has 0 heterocycles. The molecule has 0 aliphatic carbocycles. The second-order valence-corrected chi connectivity index (χ2v) is 18.1. The van der Waals surface area contributed by atoms with Gasteiger partial charge in [0.05, 0.1) is 0 Å². The van der Waals surface area contributed by atoms with E-state index in [1.807, 2.05) is 6.08 Å². The summed E-state index contributed by atoms with van der Waals surface area (Å²) in [6.07, 6.45) is 75.1. The topological polar surface area (TPSA) is 78.9 Å². The Morgan fingerprint density at radius 2 is 0.603 bits per heavy atom. The van der Waals surface area contributed by atoms with E-state index in [1.54, 1.807) is 0 Å². The van der Waals surface area contributed by atoms with Crippen LogP contribution in [0.5, 0.6) is 0 Å². The first-order chi connectivity index (χ1) is 33.5. The van der Waals surface area contributed by atoms with Gasteiger partial charge in [-0.25, -0.2) is 0 Å². The van der Waals surface area contributed by atoms with E-state index in [2.05, 4.69) is 124 Å². The Bertz CT molecular complexity index is 1410. The monoisotopic (exact) mass is 943 g/mol. The summed E-state index contributed by atoms with van der Waals surface area (Å²) >= 11 is 0. The molecule has 0 bridgehead atoms. The van der Waals surface area contributed by atoms with Gasteiger partial charge in [0.2, 0.25) is 0 Å². The minimum atomic E-state index is -0.816. The summed E-state index contributed by atoms with van der Waals surface area (Å²) in [6.45, 7) is 6.34. The molecule has 0 N–H and O–H groups in total. The Labute approximate surface area is 419 Å². The molecule has 1 atom stereocenters. The molecule has 68 heavy (non-hydrogen) atoms. The van der Waals surface area contributed by atoms with Crippen molar-refractivity contribution < 1.29 is 28.6 Å². The van der Waals surface area contributed by atoms with Gasteiger partial charge in [0, 0.05) is 19.3 Å². The number of hydrogen-bond donors (Lipinski definition) is 0. The zero-order valence-electron chi connectivity index (χ0n) is 44.1. The van der Waals surface area contributed by atoms with Gasteiger partial charge in [0.15, 0.2) is 6.10 Å². The average Bonchev–Trinajstić information content (AvgIpc) is 3.34. The zero-order chi connectivity index (χ0) is 49.3. The van der Waals surface area contributed by atoms with Gasteiger partial charge < -0.3 is 14.2 Å². The molecule has 0 saturated carbocycles. The summed E-state index contributed by atoms with van der Waals surface area (Å²) in [5.74, 6) is -1.01. The molecule has 386 valence electrons. The van der Waals surface area contributed by atoms with E-state index in [1.165, 1.54) is 103 Å². The van der Waals surface area contributed by atoms with Crippen LogP contribution >= 0.6 is 0 Å². The highest BCUT2D eigenvalue weighted by molar-refractivity contribution is 5.71. The molecule has 6 heteroatoms. The fraction of sp³-hybridized carbons (Fsp3) is 0.661. The fourth-order valence-corrected chi connectivity index (χ4v) is 7.38. The van der Waals surface area contributed by atoms with Crippen LogP contribution in [0.4, 0.5) is 0 Å². The van der Waals surface area contributed by atoms with E-state index in [-0.39, 0.29) is 37.5 Å². The van der Waals surface area contributed by atoms with Crippen molar-refractivity contribution in [3.63, 3.8) is 0 Å². The highest BCUT2D eigenvalue weighted by Gasteiger charge is 2.19. The molecule has 0 aromatic carbocycles. The summed E-state index contributed by atoms with van der Waals surface area (Å²) in [7, 11) is 0. The molecule has 0 fully saturated rings. The quantitative estimate of drug-likeness (QED) is 0.0262. The number of carbonyl (C=O) groups excluding carboxylic acids is 3. The summed E-state index contributed by atoms with van der Waals surface area (Å²) in [5, 5.41) is 0. The number of ether oxygens (including phenoxy) is 3. The van der Waals surface area contributed by atoms with Gasteiger partial charge in [-0.15, -0.1) is 0 Å². The largest absolute Gasteiger partial charge is 0.462 e. The number of hydrogen-bond acceptors (Lipinski definition) is 6. The summed E-state index contributed by atoms with van der Waals surface area (Å²) in [5.41, 5.74) is 0. The predicted molar refractivity (Wildman–Crippen MR) is 293 cm³/mol. The molecule has 6 nitrogen and oxygen atoms in total. The average molecular weight is 943 g/mol. The van der Waals surface area contributed by atoms with Crippen molar-refractivity contribution in [2.24, 2.45) is 0 Å². The van der Waals surface area contributed by atoms with Crippen LogP contribution in [0.25, 0.3) is 0 Å². The van der Waals surface area contributed by atoms with Crippen molar-refractivity contribution >= 4 is 17.9 Å². The molecule has 0 aromatic heterocycles. The van der Waals surface area contributed by atoms with Crippen molar-refractivity contribution in [1.29, 1.82) is 0 Å². The SMILES string of the molecule is CC/C=C\C/C=C\C/C=C\C/C=C\C/C=C\C/C=C\CCC(=O)OCC(COC(=O)CCCCCCCCC/C=C\C/C=C\CC)OC(=O)CCCCCCCCC/C=C\CCCCCCCC. The molecular weight excluding hydrogens is 841 g/mol. The Balaban J connectivity index is 4.52. The van der Waals surface area contributed by atoms with Gasteiger partial charge in [-0.2, -0.15) is 0 Å². The molecular formula is C62H102O6. The first kappa shape index (κ1) is 64.1. The lowest BCUT2D eigenvalue weighted by atomic mass is 10.1. The fourth-order valence-electron chi connectivity index (χ4n) is 7.38. The van der Waals surface area contributed by atoms with Crippen LogP contribution in [-0.2, 0) is 28.6 Å². The molecule has 0 aliphatic heterocycles. The molecule has 0 radical (unpaired) electrons. The van der Waals surface area contributed by atoms with Gasteiger partial charge in [0.25, 0.3) is 0 Å². The smallest absolute Gasteiger partial charge is 0.306 e. The molecule has 0 spiro atoms. The molecule has 1 unspecified atom stereocenters. The normalized spacial score (nSPS) is 12.9. The highest BCUT2D eigenvalue weighted by Crippen LogP contribution is 2.14. The summed E-state index contributed by atoms with van der Waals surface area (Å²) < 4.78 is 16.8. The van der Waals surface area contributed by atoms with Crippen molar-refractivity contribution in [3.05, 3.63) is 109 Å². The van der Waals surface area contributed by atoms with Crippen molar-refractivity contribution in [1.82, 2.24) is 0 Å². The number of esters is 3. The zero-order valence-corrected chi connectivity index (χ0v) is 44.1. The maximum absolute atomic E-state index is 12.8. The number of carbonyl (C=O) groups is 3. The van der Waals surface area contributed by atoms with Crippen LogP contribution in [-0.4, -0.2) is 37.2 Å². The van der Waals surface area contributed by atoms with Crippen molar-refractivity contribution in [3.8, 4) is 0 Å². The molecule has 0 rings (SSSR count). The van der Waals surface area contributed by atoms with Crippen LogP contribution in [0.1, 0.15) is 245 Å². The third-order valence-corrected chi connectivity index (χ3v) is 11.5. The lowest BCUT2D eigenvalue weighted by Gasteiger charge is -2.18. The van der Waals surface area contributed by atoms with E-state index in [0.29, 0.717) is 19.3 Å². The minimum Gasteiger partial charge on any atom is -0.462 e. The maximum Gasteiger partial charge on any atom is 0.306 e. The lowest BCUT2D eigenvalue weighted by Crippen LogP contribution is -2.30. The standard InChI is InChI=1S/C62H102O6/c1-4-7-10-13-16-19-22-25-28-30-31-33-34-37-40-43-46-49-52-55-61(64)67-58-59(57-66-60(63)54-51-48-45-42-39-36-27-24-21-18-15-12-9-6-3)68-62(65)56-53-50-47-44-41-38-35-32-29-26-23-20-17-14-11-8-5-2/h7,9-10,12,16,18-19,21,25-26,28-29,31,33,37,40,46,49,59H,4-6,8,11,13-15,17,20,22-24,27,30,32,34-36,38-39,41-45,47-48,50-58H2,1-3H3/b10-7-,12-9-,19-16-,21-18-,28-25-,29-26-,33-31-,40-37-,49-46-. The van der Waals surface area contributed by atoms with Gasteiger partial charge in [0.1, 0.15) is 13.2 Å². The van der Waals surface area contributed by atoms with Gasteiger partial charge in [-0.3, -0.25) is 14.4 Å². The minimum absolute atomic E-state index is 0.109. The number of rotatable bonds is 49. The maximum atomic E-state index is 12.8. The molecule has 0 aliphatic rings. The van der Waals surface area contributed by atoms with Gasteiger partial charge >= 0.3 is 17.9 Å². The van der Waals surface area contributed by atoms with Crippen molar-refractivity contribution in [2.75, 3.05) is 13.2 Å². The Hall–Kier alpha value is -3.93. The summed E-state index contributed by atoms with van der Waals surface area (Å²) in [4.78, 5) is 38.1. The number of unbranched alkanes of at least 4 members (excludes halogenated alkanes) is 20. The third-order valence-electron chi connectivity index (χ3n) is 11.5. The molecule has 0 amide bonds. The van der Waals surface area contributed by atoms with E-state index < -0.39 is 6.10 Å². The molecule has 0 aromatic rings. The highest BCUT2D eigenvalue weighted by atomic mass is 16.6. The first-order valence-corrected chi connectivity index (χ1v) is 27.9. The van der Waals surface area contributed by atoms with E-state index in [4.69, 9.17) is 14.2 Å². The van der Waals surface area contributed by atoms with E-state index >= 15 is 0 Å². The van der Waals surface area contributed by atoms with Crippen LogP contribution in [0, 0.1) is 0 Å². The van der Waals surface area contributed by atoms with Crippen LogP contribution in [0.15, 0.2) is 109 Å². The van der Waals surface area contributed by atoms with Gasteiger partial charge in [-0.1, -0.05) is 226 Å². The van der Waals surface area contributed by atoms with Crippen LogP contribution in [0.2, 0.25) is 0 Å². The summed E-state index contributed by atoms with van der Waals surface area (Å²) in [6, 6.07) is 0. The number of allylic oxidation sites excluding steroid dienone is 18. The van der Waals surface area contributed by atoms with E-state index in [9.17, 15) is 14.4 Å². The van der Waals surface area contributed by atoms with Crippen molar-refractivity contribution in [2.45, 2.75) is 252 Å². The second-order valence-electron chi connectivity index (χ2n) is 18.1. The first-order valence-electron chi connectivity index (χ1n) is 27.9. The Morgan fingerprint density at radius 1 is 0.309 bits per heavy atom. The van der Waals surface area contributed by atoms with E-state index in [0.717, 1.165) is 96.3 Å². The third kappa shape index (κ3) is 53.0. The Morgan fingerprint density at radius 3 is 1.00 bits per heavy atom. The molecule has 0 saturated heterocycles. The Kier molecular flexibility index (Phi) is 52.4. The van der Waals surface area contributed by atoms with Crippen LogP contribution in [0.3, 0.4) is 0 Å². The van der Waals surface area contributed by atoms with Gasteiger partial charge in [-0.05, 0) is 109 Å².